The quantitative estimate of drug-likeness (QED) is 0.777. The lowest BCUT2D eigenvalue weighted by atomic mass is 10.1. The van der Waals surface area contributed by atoms with Gasteiger partial charge in [-0.2, -0.15) is 0 Å². The van der Waals surface area contributed by atoms with E-state index < -0.39 is 0 Å². The maximum Gasteiger partial charge on any atom is 0.226 e. The predicted molar refractivity (Wildman–Crippen MR) is 106 cm³/mol. The van der Waals surface area contributed by atoms with E-state index in [1.807, 2.05) is 44.2 Å². The molecule has 2 aromatic carbocycles. The maximum atomic E-state index is 12.2. The summed E-state index contributed by atoms with van der Waals surface area (Å²) < 4.78 is 0. The number of carbonyl (C=O) groups excluding carboxylic acids is 2. The fourth-order valence-electron chi connectivity index (χ4n) is 3.05. The van der Waals surface area contributed by atoms with Crippen LogP contribution in [-0.2, 0) is 16.0 Å². The summed E-state index contributed by atoms with van der Waals surface area (Å²) in [5.74, 6) is -0.0541. The Morgan fingerprint density at radius 2 is 1.62 bits per heavy atom. The van der Waals surface area contributed by atoms with Gasteiger partial charge in [0.15, 0.2) is 0 Å². The zero-order chi connectivity index (χ0) is 18.9. The van der Waals surface area contributed by atoms with Crippen molar-refractivity contribution in [3.63, 3.8) is 0 Å². The van der Waals surface area contributed by atoms with Crippen LogP contribution in [0.25, 0.3) is 0 Å². The Hall–Kier alpha value is -2.62. The van der Waals surface area contributed by atoms with Crippen molar-refractivity contribution in [1.82, 2.24) is 4.90 Å². The number of hydrogen-bond acceptors (Lipinski definition) is 2. The molecule has 1 N–H and O–H groups in total. The lowest BCUT2D eigenvalue weighted by molar-refractivity contribution is -0.129. The van der Waals surface area contributed by atoms with Crippen LogP contribution >= 0.6 is 0 Å². The van der Waals surface area contributed by atoms with Crippen molar-refractivity contribution in [3.8, 4) is 0 Å². The monoisotopic (exact) mass is 352 g/mol. The second-order valence-electron chi connectivity index (χ2n) is 6.77. The number of anilines is 1. The summed E-state index contributed by atoms with van der Waals surface area (Å²) in [6, 6.07) is 16.2. The molecule has 2 aromatic rings. The van der Waals surface area contributed by atoms with Crippen molar-refractivity contribution in [2.45, 2.75) is 40.0 Å². The van der Waals surface area contributed by atoms with Crippen molar-refractivity contribution >= 4 is 17.5 Å². The van der Waals surface area contributed by atoms with Gasteiger partial charge in [-0.15, -0.1) is 0 Å². The zero-order valence-electron chi connectivity index (χ0n) is 15.9. The number of aryl methyl sites for hydroxylation is 3. The summed E-state index contributed by atoms with van der Waals surface area (Å²) in [5.41, 5.74) is 4.31. The first-order chi connectivity index (χ1) is 12.4. The zero-order valence-corrected chi connectivity index (χ0v) is 15.9. The van der Waals surface area contributed by atoms with E-state index in [4.69, 9.17) is 0 Å². The number of nitrogens with zero attached hydrogens (tertiary/aromatic N) is 1. The second kappa shape index (κ2) is 9.76. The number of nitrogens with one attached hydrogen (secondary N) is 1. The number of rotatable bonds is 8. The highest BCUT2D eigenvalue weighted by molar-refractivity contribution is 5.91. The molecule has 0 fully saturated rings. The number of hydrogen-bond donors (Lipinski definition) is 1. The molecule has 0 bridgehead atoms. The van der Waals surface area contributed by atoms with Crippen LogP contribution in [0.4, 0.5) is 5.69 Å². The first kappa shape index (κ1) is 19.7. The largest absolute Gasteiger partial charge is 0.342 e. The van der Waals surface area contributed by atoms with Gasteiger partial charge in [-0.3, -0.25) is 9.59 Å². The van der Waals surface area contributed by atoms with Gasteiger partial charge in [-0.05, 0) is 55.5 Å². The van der Waals surface area contributed by atoms with E-state index in [1.165, 1.54) is 5.56 Å². The van der Waals surface area contributed by atoms with Gasteiger partial charge in [0.1, 0.15) is 0 Å². The standard InChI is InChI=1S/C22H28N2O2/c1-17-14-18(2)16-21(15-17)23-22(26)11-13-24(19(3)25)12-7-10-20-8-5-4-6-9-20/h4-6,8-9,14-16H,7,10-13H2,1-3H3,(H,23,26). The molecular formula is C22H28N2O2. The third-order valence-corrected chi connectivity index (χ3v) is 4.30. The molecule has 0 aliphatic heterocycles. The number of carbonyl (C=O) groups is 2. The maximum absolute atomic E-state index is 12.2. The van der Waals surface area contributed by atoms with Crippen LogP contribution < -0.4 is 5.32 Å². The highest BCUT2D eigenvalue weighted by Crippen LogP contribution is 2.14. The van der Waals surface area contributed by atoms with Gasteiger partial charge in [0.25, 0.3) is 0 Å². The lowest BCUT2D eigenvalue weighted by Gasteiger charge is -2.21. The first-order valence-corrected chi connectivity index (χ1v) is 9.11. The summed E-state index contributed by atoms with van der Waals surface area (Å²) in [5, 5.41) is 2.92. The fraction of sp³-hybridized carbons (Fsp3) is 0.364. The van der Waals surface area contributed by atoms with Crippen molar-refractivity contribution in [2.75, 3.05) is 18.4 Å². The van der Waals surface area contributed by atoms with E-state index in [0.717, 1.165) is 29.7 Å². The van der Waals surface area contributed by atoms with E-state index in [1.54, 1.807) is 11.8 Å². The van der Waals surface area contributed by atoms with Crippen LogP contribution in [0.2, 0.25) is 0 Å². The van der Waals surface area contributed by atoms with Crippen LogP contribution in [0.1, 0.15) is 36.5 Å². The van der Waals surface area contributed by atoms with Crippen LogP contribution in [0.3, 0.4) is 0 Å². The van der Waals surface area contributed by atoms with Gasteiger partial charge in [-0.1, -0.05) is 36.4 Å². The molecule has 0 saturated heterocycles. The Balaban J connectivity index is 1.79. The van der Waals surface area contributed by atoms with Crippen LogP contribution in [-0.4, -0.2) is 29.8 Å². The lowest BCUT2D eigenvalue weighted by Crippen LogP contribution is -2.33. The first-order valence-electron chi connectivity index (χ1n) is 9.11. The summed E-state index contributed by atoms with van der Waals surface area (Å²) in [6.07, 6.45) is 2.12. The molecule has 0 atom stereocenters. The van der Waals surface area contributed by atoms with E-state index >= 15 is 0 Å². The van der Waals surface area contributed by atoms with Crippen LogP contribution in [0.5, 0.6) is 0 Å². The minimum absolute atomic E-state index is 0.0114. The minimum atomic E-state index is -0.0655. The van der Waals surface area contributed by atoms with E-state index in [0.29, 0.717) is 19.5 Å². The normalized spacial score (nSPS) is 10.4. The Morgan fingerprint density at radius 1 is 0.962 bits per heavy atom. The molecule has 0 aliphatic carbocycles. The molecule has 4 heteroatoms. The van der Waals surface area contributed by atoms with Gasteiger partial charge in [0, 0.05) is 32.1 Å². The smallest absolute Gasteiger partial charge is 0.226 e. The Bertz CT molecular complexity index is 721. The van der Waals surface area contributed by atoms with E-state index in [9.17, 15) is 9.59 Å². The molecular weight excluding hydrogens is 324 g/mol. The van der Waals surface area contributed by atoms with Gasteiger partial charge in [0.05, 0.1) is 0 Å². The van der Waals surface area contributed by atoms with Crippen LogP contribution in [0, 0.1) is 13.8 Å². The van der Waals surface area contributed by atoms with Crippen molar-refractivity contribution in [2.24, 2.45) is 0 Å². The van der Waals surface area contributed by atoms with E-state index in [2.05, 4.69) is 23.5 Å². The SMILES string of the molecule is CC(=O)N(CCCc1ccccc1)CCC(=O)Nc1cc(C)cc(C)c1. The van der Waals surface area contributed by atoms with Crippen molar-refractivity contribution in [1.29, 1.82) is 0 Å². The topological polar surface area (TPSA) is 49.4 Å². The predicted octanol–water partition coefficient (Wildman–Crippen LogP) is 4.11. The van der Waals surface area contributed by atoms with Crippen LogP contribution in [0.15, 0.2) is 48.5 Å². The Kier molecular flexibility index (Phi) is 7.39. The summed E-state index contributed by atoms with van der Waals surface area (Å²) >= 11 is 0. The molecule has 0 aliphatic rings. The molecule has 0 unspecified atom stereocenters. The average molecular weight is 352 g/mol. The molecule has 4 nitrogen and oxygen atoms in total. The molecule has 138 valence electrons. The Labute approximate surface area is 156 Å². The molecule has 2 rings (SSSR count). The van der Waals surface area contributed by atoms with Gasteiger partial charge in [0.2, 0.25) is 11.8 Å². The molecule has 26 heavy (non-hydrogen) atoms. The van der Waals surface area contributed by atoms with E-state index in [-0.39, 0.29) is 11.8 Å². The number of amides is 2. The molecule has 0 saturated carbocycles. The summed E-state index contributed by atoms with van der Waals surface area (Å²) in [6.45, 7) is 6.69. The van der Waals surface area contributed by atoms with Gasteiger partial charge < -0.3 is 10.2 Å². The molecule has 0 radical (unpaired) electrons. The van der Waals surface area contributed by atoms with Crippen molar-refractivity contribution in [3.05, 3.63) is 65.2 Å². The third-order valence-electron chi connectivity index (χ3n) is 4.30. The molecule has 0 spiro atoms. The minimum Gasteiger partial charge on any atom is -0.342 e. The van der Waals surface area contributed by atoms with Crippen molar-refractivity contribution < 1.29 is 9.59 Å². The summed E-state index contributed by atoms with van der Waals surface area (Å²) in [4.78, 5) is 25.8. The number of benzene rings is 2. The Morgan fingerprint density at radius 3 is 2.23 bits per heavy atom. The van der Waals surface area contributed by atoms with Gasteiger partial charge in [-0.25, -0.2) is 0 Å². The second-order valence-corrected chi connectivity index (χ2v) is 6.77. The highest BCUT2D eigenvalue weighted by atomic mass is 16.2. The molecule has 0 heterocycles. The third kappa shape index (κ3) is 6.71. The molecule has 2 amide bonds. The molecule has 0 aromatic heterocycles. The average Bonchev–Trinajstić information content (AvgIpc) is 2.57. The van der Waals surface area contributed by atoms with Gasteiger partial charge >= 0.3 is 0 Å². The highest BCUT2D eigenvalue weighted by Gasteiger charge is 2.11. The fourth-order valence-corrected chi connectivity index (χ4v) is 3.05. The summed E-state index contributed by atoms with van der Waals surface area (Å²) in [7, 11) is 0.